The van der Waals surface area contributed by atoms with Crippen LogP contribution >= 0.6 is 24.8 Å². The van der Waals surface area contributed by atoms with E-state index in [0.29, 0.717) is 0 Å². The van der Waals surface area contributed by atoms with E-state index in [2.05, 4.69) is 17.1 Å². The molecule has 1 aromatic rings. The molecule has 1 atom stereocenters. The van der Waals surface area contributed by atoms with Crippen LogP contribution in [0.15, 0.2) is 18.2 Å². The molecule has 0 aromatic heterocycles. The molecule has 104 valence electrons. The maximum atomic E-state index is 13.7. The molecule has 1 fully saturated rings. The number of halogens is 3. The third kappa shape index (κ3) is 4.09. The molecule has 0 saturated carbocycles. The molecule has 0 amide bonds. The second-order valence-electron chi connectivity index (χ2n) is 4.49. The van der Waals surface area contributed by atoms with Gasteiger partial charge in [0.25, 0.3) is 0 Å². The molecule has 0 bridgehead atoms. The summed E-state index contributed by atoms with van der Waals surface area (Å²) in [7, 11) is 0. The van der Waals surface area contributed by atoms with Crippen molar-refractivity contribution in [2.75, 3.05) is 26.2 Å². The van der Waals surface area contributed by atoms with Crippen LogP contribution < -0.4 is 5.32 Å². The Labute approximate surface area is 121 Å². The second-order valence-corrected chi connectivity index (χ2v) is 4.49. The third-order valence-corrected chi connectivity index (χ3v) is 3.30. The first-order chi connectivity index (χ1) is 7.68. The Morgan fingerprint density at radius 2 is 1.83 bits per heavy atom. The van der Waals surface area contributed by atoms with E-state index in [0.717, 1.165) is 37.3 Å². The highest BCUT2D eigenvalue weighted by Gasteiger charge is 2.20. The van der Waals surface area contributed by atoms with Gasteiger partial charge in [-0.1, -0.05) is 17.7 Å². The summed E-state index contributed by atoms with van der Waals surface area (Å²) in [6.45, 7) is 8.08. The molecule has 2 nitrogen and oxygen atoms in total. The molecular formula is C13H21Cl2FN2. The second kappa shape index (κ2) is 7.95. The SMILES string of the molecule is Cc1ccc(F)c([C@@H](C)N2CCNCC2)c1.Cl.Cl. The Balaban J connectivity index is 0.00000144. The van der Waals surface area contributed by atoms with Gasteiger partial charge in [-0.3, -0.25) is 4.90 Å². The minimum Gasteiger partial charge on any atom is -0.314 e. The molecule has 1 N–H and O–H groups in total. The molecular weight excluding hydrogens is 274 g/mol. The van der Waals surface area contributed by atoms with Crippen LogP contribution in [0.25, 0.3) is 0 Å². The van der Waals surface area contributed by atoms with Gasteiger partial charge in [0, 0.05) is 37.8 Å². The zero-order valence-electron chi connectivity index (χ0n) is 10.8. The maximum Gasteiger partial charge on any atom is 0.127 e. The molecule has 0 radical (unpaired) electrons. The molecule has 1 saturated heterocycles. The van der Waals surface area contributed by atoms with Crippen LogP contribution in [0, 0.1) is 12.7 Å². The van der Waals surface area contributed by atoms with E-state index in [1.807, 2.05) is 19.1 Å². The van der Waals surface area contributed by atoms with Gasteiger partial charge in [0.05, 0.1) is 0 Å². The number of nitrogens with one attached hydrogen (secondary N) is 1. The molecule has 1 aliphatic heterocycles. The minimum absolute atomic E-state index is 0. The minimum atomic E-state index is -0.0865. The first-order valence-electron chi connectivity index (χ1n) is 5.89. The highest BCUT2D eigenvalue weighted by Crippen LogP contribution is 2.24. The van der Waals surface area contributed by atoms with Gasteiger partial charge in [-0.25, -0.2) is 4.39 Å². The van der Waals surface area contributed by atoms with E-state index in [1.54, 1.807) is 6.07 Å². The average molecular weight is 295 g/mol. The molecule has 1 heterocycles. The van der Waals surface area contributed by atoms with Crippen LogP contribution in [-0.2, 0) is 0 Å². The molecule has 18 heavy (non-hydrogen) atoms. The van der Waals surface area contributed by atoms with E-state index in [9.17, 15) is 4.39 Å². The Morgan fingerprint density at radius 3 is 2.44 bits per heavy atom. The van der Waals surface area contributed by atoms with E-state index >= 15 is 0 Å². The highest BCUT2D eigenvalue weighted by atomic mass is 35.5. The van der Waals surface area contributed by atoms with Crippen molar-refractivity contribution in [3.8, 4) is 0 Å². The van der Waals surface area contributed by atoms with Crippen molar-refractivity contribution in [1.29, 1.82) is 0 Å². The summed E-state index contributed by atoms with van der Waals surface area (Å²) in [6, 6.07) is 5.52. The Hall–Kier alpha value is -0.350. The number of hydrogen-bond donors (Lipinski definition) is 1. The van der Waals surface area contributed by atoms with Crippen LogP contribution in [0.4, 0.5) is 4.39 Å². The monoisotopic (exact) mass is 294 g/mol. The predicted octanol–water partition coefficient (Wildman–Crippen LogP) is 2.94. The zero-order chi connectivity index (χ0) is 11.5. The fraction of sp³-hybridized carbons (Fsp3) is 0.538. The zero-order valence-corrected chi connectivity index (χ0v) is 12.4. The summed E-state index contributed by atoms with van der Waals surface area (Å²) in [6.07, 6.45) is 0. The van der Waals surface area contributed by atoms with Gasteiger partial charge < -0.3 is 5.32 Å². The van der Waals surface area contributed by atoms with Crippen LogP contribution in [-0.4, -0.2) is 31.1 Å². The number of aryl methyl sites for hydroxylation is 1. The Bertz CT molecular complexity index is 368. The van der Waals surface area contributed by atoms with Crippen LogP contribution in [0.1, 0.15) is 24.1 Å². The fourth-order valence-corrected chi connectivity index (χ4v) is 2.25. The number of hydrogen-bond acceptors (Lipinski definition) is 2. The summed E-state index contributed by atoms with van der Waals surface area (Å²) in [5.74, 6) is -0.0865. The van der Waals surface area contributed by atoms with E-state index in [-0.39, 0.29) is 36.7 Å². The first-order valence-corrected chi connectivity index (χ1v) is 5.89. The van der Waals surface area contributed by atoms with Crippen molar-refractivity contribution >= 4 is 24.8 Å². The van der Waals surface area contributed by atoms with E-state index in [4.69, 9.17) is 0 Å². The lowest BCUT2D eigenvalue weighted by atomic mass is 10.0. The van der Waals surface area contributed by atoms with E-state index < -0.39 is 0 Å². The average Bonchev–Trinajstić information content (AvgIpc) is 2.32. The van der Waals surface area contributed by atoms with Crippen molar-refractivity contribution in [3.05, 3.63) is 35.1 Å². The lowest BCUT2D eigenvalue weighted by molar-refractivity contribution is 0.182. The van der Waals surface area contributed by atoms with Crippen LogP contribution in [0.2, 0.25) is 0 Å². The normalized spacial score (nSPS) is 17.5. The van der Waals surface area contributed by atoms with Gasteiger partial charge in [-0.05, 0) is 19.9 Å². The number of nitrogens with zero attached hydrogens (tertiary/aromatic N) is 1. The molecule has 0 spiro atoms. The summed E-state index contributed by atoms with van der Waals surface area (Å²) in [5.41, 5.74) is 1.94. The van der Waals surface area contributed by atoms with Gasteiger partial charge in [-0.15, -0.1) is 24.8 Å². The third-order valence-electron chi connectivity index (χ3n) is 3.30. The fourth-order valence-electron chi connectivity index (χ4n) is 2.25. The van der Waals surface area contributed by atoms with Crippen LogP contribution in [0.3, 0.4) is 0 Å². The number of rotatable bonds is 2. The first kappa shape index (κ1) is 17.6. The molecule has 1 aliphatic rings. The van der Waals surface area contributed by atoms with Crippen molar-refractivity contribution in [1.82, 2.24) is 10.2 Å². The summed E-state index contributed by atoms with van der Waals surface area (Å²) < 4.78 is 13.7. The highest BCUT2D eigenvalue weighted by molar-refractivity contribution is 5.85. The Kier molecular flexibility index (Phi) is 7.79. The number of piperazine rings is 1. The van der Waals surface area contributed by atoms with Gasteiger partial charge in [0.2, 0.25) is 0 Å². The van der Waals surface area contributed by atoms with Gasteiger partial charge in [0.15, 0.2) is 0 Å². The Morgan fingerprint density at radius 1 is 1.22 bits per heavy atom. The smallest absolute Gasteiger partial charge is 0.127 e. The van der Waals surface area contributed by atoms with E-state index in [1.165, 1.54) is 0 Å². The van der Waals surface area contributed by atoms with Crippen LogP contribution in [0.5, 0.6) is 0 Å². The van der Waals surface area contributed by atoms with Gasteiger partial charge in [-0.2, -0.15) is 0 Å². The predicted molar refractivity (Wildman–Crippen MR) is 78.5 cm³/mol. The van der Waals surface area contributed by atoms with Gasteiger partial charge >= 0.3 is 0 Å². The molecule has 0 aliphatic carbocycles. The topological polar surface area (TPSA) is 15.3 Å². The van der Waals surface area contributed by atoms with Crippen molar-refractivity contribution in [2.45, 2.75) is 19.9 Å². The molecule has 1 aromatic carbocycles. The summed E-state index contributed by atoms with van der Waals surface area (Å²) >= 11 is 0. The lowest BCUT2D eigenvalue weighted by Gasteiger charge is -2.33. The van der Waals surface area contributed by atoms with Gasteiger partial charge in [0.1, 0.15) is 5.82 Å². The van der Waals surface area contributed by atoms with Crippen molar-refractivity contribution in [3.63, 3.8) is 0 Å². The molecule has 0 unspecified atom stereocenters. The largest absolute Gasteiger partial charge is 0.314 e. The van der Waals surface area contributed by atoms with Crippen molar-refractivity contribution < 1.29 is 4.39 Å². The standard InChI is InChI=1S/C13H19FN2.2ClH/c1-10-3-4-13(14)12(9-10)11(2)16-7-5-15-6-8-16;;/h3-4,9,11,15H,5-8H2,1-2H3;2*1H/t11-;;/m1../s1. The molecule has 5 heteroatoms. The molecule has 2 rings (SSSR count). The summed E-state index contributed by atoms with van der Waals surface area (Å²) in [5, 5.41) is 3.31. The summed E-state index contributed by atoms with van der Waals surface area (Å²) in [4.78, 5) is 2.33. The maximum absolute atomic E-state index is 13.7. The quantitative estimate of drug-likeness (QED) is 0.902. The lowest BCUT2D eigenvalue weighted by Crippen LogP contribution is -2.44. The van der Waals surface area contributed by atoms with Crippen molar-refractivity contribution in [2.24, 2.45) is 0 Å². The number of benzene rings is 1.